The Kier molecular flexibility index (Phi) is 4.38. The first-order valence-electron chi connectivity index (χ1n) is 10.1. The molecule has 30 heavy (non-hydrogen) atoms. The van der Waals surface area contributed by atoms with Crippen LogP contribution in [0.25, 0.3) is 5.69 Å². The maximum absolute atomic E-state index is 13.1. The molecule has 2 fully saturated rings. The van der Waals surface area contributed by atoms with Gasteiger partial charge in [0.1, 0.15) is 5.69 Å². The fraction of sp³-hybridized carbons (Fsp3) is 0.304. The van der Waals surface area contributed by atoms with Crippen molar-refractivity contribution in [2.45, 2.75) is 12.0 Å². The van der Waals surface area contributed by atoms with E-state index in [4.69, 9.17) is 0 Å². The van der Waals surface area contributed by atoms with Crippen LogP contribution in [0, 0.1) is 11.3 Å². The van der Waals surface area contributed by atoms with Crippen molar-refractivity contribution in [3.05, 3.63) is 88.3 Å². The minimum atomic E-state index is -0.730. The van der Waals surface area contributed by atoms with E-state index < -0.39 is 11.5 Å². The number of amides is 1. The molecule has 0 bridgehead atoms. The summed E-state index contributed by atoms with van der Waals surface area (Å²) in [7, 11) is 0. The molecule has 1 aliphatic heterocycles. The van der Waals surface area contributed by atoms with Crippen molar-refractivity contribution >= 4 is 5.91 Å². The summed E-state index contributed by atoms with van der Waals surface area (Å²) >= 11 is 0. The van der Waals surface area contributed by atoms with E-state index in [9.17, 15) is 19.8 Å². The zero-order valence-corrected chi connectivity index (χ0v) is 16.3. The topological polar surface area (TPSA) is 98.6 Å². The van der Waals surface area contributed by atoms with Crippen molar-refractivity contribution < 1.29 is 15.0 Å². The molecule has 2 aliphatic rings. The standard InChI is InChI=1S/C23H23N3O4/c27-13-17-21(15-7-3-1-4-8-15)23(17)14-25(12-19(23)28)22(30)18-11-20(29)26(24-18)16-9-5-2-6-10-16/h1-11,17,19,21,24,27-28H,12-14H2/t17-,19-,21-,23-/m1/s1. The van der Waals surface area contributed by atoms with Gasteiger partial charge in [-0.3, -0.25) is 14.7 Å². The van der Waals surface area contributed by atoms with Crippen molar-refractivity contribution in [3.8, 4) is 5.69 Å². The van der Waals surface area contributed by atoms with Gasteiger partial charge in [0.25, 0.3) is 11.5 Å². The first-order valence-corrected chi connectivity index (χ1v) is 10.1. The number of aromatic nitrogens is 2. The largest absolute Gasteiger partial charge is 0.396 e. The fourth-order valence-corrected chi connectivity index (χ4v) is 5.17. The van der Waals surface area contributed by atoms with Gasteiger partial charge >= 0.3 is 0 Å². The maximum Gasteiger partial charge on any atom is 0.272 e. The third-order valence-electron chi connectivity index (χ3n) is 6.65. The third kappa shape index (κ3) is 2.74. The predicted octanol–water partition coefficient (Wildman–Crippen LogP) is 1.37. The van der Waals surface area contributed by atoms with E-state index in [1.54, 1.807) is 17.0 Å². The van der Waals surface area contributed by atoms with Gasteiger partial charge in [-0.2, -0.15) is 0 Å². The zero-order chi connectivity index (χ0) is 20.9. The molecule has 1 aliphatic carbocycles. The molecular formula is C23H23N3O4. The summed E-state index contributed by atoms with van der Waals surface area (Å²) in [5.41, 5.74) is 1.03. The van der Waals surface area contributed by atoms with E-state index in [0.29, 0.717) is 12.2 Å². The zero-order valence-electron chi connectivity index (χ0n) is 16.3. The lowest BCUT2D eigenvalue weighted by atomic mass is 9.95. The molecule has 3 N–H and O–H groups in total. The van der Waals surface area contributed by atoms with Gasteiger partial charge in [-0.25, -0.2) is 4.68 Å². The highest BCUT2D eigenvalue weighted by Gasteiger charge is 2.71. The lowest BCUT2D eigenvalue weighted by Gasteiger charge is -2.16. The number of H-pyrrole nitrogens is 1. The fourth-order valence-electron chi connectivity index (χ4n) is 5.17. The molecule has 1 spiro atoms. The van der Waals surface area contributed by atoms with Crippen LogP contribution in [0.1, 0.15) is 22.0 Å². The molecule has 7 heteroatoms. The Hall–Kier alpha value is -3.16. The van der Waals surface area contributed by atoms with E-state index >= 15 is 0 Å². The number of rotatable bonds is 4. The number of para-hydroxylation sites is 1. The highest BCUT2D eigenvalue weighted by molar-refractivity contribution is 5.92. The summed E-state index contributed by atoms with van der Waals surface area (Å²) in [6.07, 6.45) is -0.730. The van der Waals surface area contributed by atoms with Gasteiger partial charge in [-0.05, 0) is 29.5 Å². The Labute approximate surface area is 173 Å². The molecule has 4 atom stereocenters. The number of hydrogen-bond acceptors (Lipinski definition) is 4. The Morgan fingerprint density at radius 2 is 1.77 bits per heavy atom. The second-order valence-corrected chi connectivity index (χ2v) is 8.17. The summed E-state index contributed by atoms with van der Waals surface area (Å²) in [5, 5.41) is 23.7. The van der Waals surface area contributed by atoms with Gasteiger partial charge in [-0.15, -0.1) is 0 Å². The Bertz CT molecular complexity index is 1120. The Balaban J connectivity index is 1.41. The number of β-amino-alcohol motifs (C(OH)–C–C–N with tert-alkyl or cyclic N) is 1. The Morgan fingerprint density at radius 1 is 1.10 bits per heavy atom. The van der Waals surface area contributed by atoms with Crippen LogP contribution in [0.3, 0.4) is 0 Å². The first kappa shape index (κ1) is 18.8. The van der Waals surface area contributed by atoms with Gasteiger partial charge in [0.2, 0.25) is 0 Å². The first-order chi connectivity index (χ1) is 14.6. The minimum Gasteiger partial charge on any atom is -0.396 e. The van der Waals surface area contributed by atoms with E-state index in [-0.39, 0.29) is 42.1 Å². The molecule has 0 unspecified atom stereocenters. The van der Waals surface area contributed by atoms with Crippen LogP contribution in [-0.2, 0) is 0 Å². The van der Waals surface area contributed by atoms with E-state index in [1.165, 1.54) is 10.7 Å². The molecule has 1 saturated carbocycles. The molecule has 154 valence electrons. The quantitative estimate of drug-likeness (QED) is 0.611. The van der Waals surface area contributed by atoms with Gasteiger partial charge < -0.3 is 15.1 Å². The number of benzene rings is 2. The SMILES string of the molecule is O=C(c1cc(=O)n(-c2ccccc2)[nH]1)N1C[C@@H](O)[C@@]2(C1)[C@H](CO)[C@H]2c1ccccc1. The highest BCUT2D eigenvalue weighted by atomic mass is 16.3. The summed E-state index contributed by atoms with van der Waals surface area (Å²) in [6, 6.07) is 20.1. The Morgan fingerprint density at radius 3 is 2.43 bits per heavy atom. The number of carbonyl (C=O) groups is 1. The number of nitrogens with one attached hydrogen (secondary N) is 1. The molecule has 2 heterocycles. The minimum absolute atomic E-state index is 0.00414. The summed E-state index contributed by atoms with van der Waals surface area (Å²) < 4.78 is 1.33. The number of aromatic amines is 1. The van der Waals surface area contributed by atoms with Crippen molar-refractivity contribution in [1.82, 2.24) is 14.7 Å². The number of aliphatic hydroxyl groups is 2. The molecule has 7 nitrogen and oxygen atoms in total. The average Bonchev–Trinajstić information content (AvgIpc) is 3.05. The highest BCUT2D eigenvalue weighted by Crippen LogP contribution is 2.68. The summed E-state index contributed by atoms with van der Waals surface area (Å²) in [5.74, 6) is -0.418. The normalized spacial score (nSPS) is 27.5. The number of carbonyl (C=O) groups excluding carboxylic acids is 1. The third-order valence-corrected chi connectivity index (χ3v) is 6.65. The molecule has 5 rings (SSSR count). The van der Waals surface area contributed by atoms with E-state index in [1.807, 2.05) is 48.5 Å². The van der Waals surface area contributed by atoms with Crippen LogP contribution >= 0.6 is 0 Å². The summed E-state index contributed by atoms with van der Waals surface area (Å²) in [4.78, 5) is 27.1. The van der Waals surface area contributed by atoms with Gasteiger partial charge in [0, 0.05) is 31.2 Å². The smallest absolute Gasteiger partial charge is 0.272 e. The molecular weight excluding hydrogens is 382 g/mol. The second kappa shape index (κ2) is 6.97. The van der Waals surface area contributed by atoms with Gasteiger partial charge in [0.05, 0.1) is 11.8 Å². The van der Waals surface area contributed by atoms with Crippen LogP contribution in [0.4, 0.5) is 0 Å². The maximum atomic E-state index is 13.1. The van der Waals surface area contributed by atoms with Crippen LogP contribution in [0.5, 0.6) is 0 Å². The molecule has 1 saturated heterocycles. The van der Waals surface area contributed by atoms with Gasteiger partial charge in [0.15, 0.2) is 0 Å². The lowest BCUT2D eigenvalue weighted by molar-refractivity contribution is 0.0758. The van der Waals surface area contributed by atoms with E-state index in [2.05, 4.69) is 5.10 Å². The molecule has 1 aromatic heterocycles. The van der Waals surface area contributed by atoms with Crippen LogP contribution in [-0.4, -0.2) is 56.6 Å². The molecule has 3 aromatic rings. The number of hydrogen-bond donors (Lipinski definition) is 3. The number of aliphatic hydroxyl groups excluding tert-OH is 2. The average molecular weight is 405 g/mol. The van der Waals surface area contributed by atoms with Gasteiger partial charge in [-0.1, -0.05) is 48.5 Å². The van der Waals surface area contributed by atoms with Crippen molar-refractivity contribution in [1.29, 1.82) is 0 Å². The predicted molar refractivity (Wildman–Crippen MR) is 110 cm³/mol. The molecule has 0 radical (unpaired) electrons. The lowest BCUT2D eigenvalue weighted by Crippen LogP contribution is -2.30. The monoisotopic (exact) mass is 405 g/mol. The van der Waals surface area contributed by atoms with Crippen molar-refractivity contribution in [3.63, 3.8) is 0 Å². The number of nitrogens with zero attached hydrogens (tertiary/aromatic N) is 2. The summed E-state index contributed by atoms with van der Waals surface area (Å²) in [6.45, 7) is 0.480. The molecule has 2 aromatic carbocycles. The number of likely N-dealkylation sites (tertiary alicyclic amines) is 1. The van der Waals surface area contributed by atoms with Crippen molar-refractivity contribution in [2.75, 3.05) is 19.7 Å². The second-order valence-electron chi connectivity index (χ2n) is 8.17. The van der Waals surface area contributed by atoms with Crippen LogP contribution in [0.2, 0.25) is 0 Å². The van der Waals surface area contributed by atoms with Crippen LogP contribution < -0.4 is 5.56 Å². The van der Waals surface area contributed by atoms with E-state index in [0.717, 1.165) is 5.56 Å². The van der Waals surface area contributed by atoms with Crippen LogP contribution in [0.15, 0.2) is 71.5 Å². The molecule has 1 amide bonds. The van der Waals surface area contributed by atoms with Crippen molar-refractivity contribution in [2.24, 2.45) is 11.3 Å².